The molecule has 0 atom stereocenters. The molecule has 1 nitrogen and oxygen atoms in total. The van der Waals surface area contributed by atoms with E-state index in [4.69, 9.17) is 4.42 Å². The summed E-state index contributed by atoms with van der Waals surface area (Å²) in [6.07, 6.45) is 6.19. The van der Waals surface area contributed by atoms with Gasteiger partial charge in [-0.1, -0.05) is 56.5 Å². The lowest BCUT2D eigenvalue weighted by molar-refractivity contribution is 0.505. The van der Waals surface area contributed by atoms with Crippen LogP contribution in [-0.2, 0) is 6.42 Å². The summed E-state index contributed by atoms with van der Waals surface area (Å²) in [7, 11) is 0. The van der Waals surface area contributed by atoms with E-state index in [1.807, 2.05) is 6.07 Å². The number of hydrogen-bond acceptors (Lipinski definition) is 1. The standard InChI is InChI=1S/C16H19IO/c1-2-3-4-8-11-14-12-15(17)16(18-14)13-9-6-5-7-10-13/h5-7,9-10,12H,2-4,8,11H2,1H3. The Labute approximate surface area is 123 Å². The normalized spacial score (nSPS) is 10.8. The maximum absolute atomic E-state index is 5.97. The van der Waals surface area contributed by atoms with Crippen molar-refractivity contribution in [2.45, 2.75) is 39.0 Å². The molecule has 1 aromatic heterocycles. The van der Waals surface area contributed by atoms with E-state index in [-0.39, 0.29) is 0 Å². The van der Waals surface area contributed by atoms with Gasteiger partial charge in [0.2, 0.25) is 0 Å². The monoisotopic (exact) mass is 354 g/mol. The van der Waals surface area contributed by atoms with Crippen molar-refractivity contribution in [1.82, 2.24) is 0 Å². The van der Waals surface area contributed by atoms with E-state index in [1.165, 1.54) is 34.8 Å². The smallest absolute Gasteiger partial charge is 0.147 e. The maximum Gasteiger partial charge on any atom is 0.147 e. The molecular weight excluding hydrogens is 335 g/mol. The third-order valence-corrected chi connectivity index (χ3v) is 3.85. The molecule has 0 aliphatic heterocycles. The van der Waals surface area contributed by atoms with Gasteiger partial charge in [-0.15, -0.1) is 0 Å². The Morgan fingerprint density at radius 2 is 1.83 bits per heavy atom. The van der Waals surface area contributed by atoms with Crippen LogP contribution < -0.4 is 0 Å². The first-order chi connectivity index (χ1) is 8.81. The second-order valence-electron chi connectivity index (χ2n) is 4.57. The molecule has 0 aliphatic rings. The van der Waals surface area contributed by atoms with Crippen molar-refractivity contribution in [1.29, 1.82) is 0 Å². The summed E-state index contributed by atoms with van der Waals surface area (Å²) in [5.74, 6) is 2.14. The van der Waals surface area contributed by atoms with Gasteiger partial charge >= 0.3 is 0 Å². The summed E-state index contributed by atoms with van der Waals surface area (Å²) < 4.78 is 7.19. The minimum atomic E-state index is 1.02. The molecule has 0 N–H and O–H groups in total. The van der Waals surface area contributed by atoms with Crippen LogP contribution in [0, 0.1) is 3.57 Å². The van der Waals surface area contributed by atoms with E-state index in [9.17, 15) is 0 Å². The largest absolute Gasteiger partial charge is 0.460 e. The van der Waals surface area contributed by atoms with Gasteiger partial charge in [0.05, 0.1) is 3.57 Å². The highest BCUT2D eigenvalue weighted by atomic mass is 127. The maximum atomic E-state index is 5.97. The second kappa shape index (κ2) is 6.98. The van der Waals surface area contributed by atoms with Gasteiger partial charge in [-0.25, -0.2) is 0 Å². The Morgan fingerprint density at radius 3 is 2.56 bits per heavy atom. The number of rotatable bonds is 6. The molecule has 0 bridgehead atoms. The number of furan rings is 1. The summed E-state index contributed by atoms with van der Waals surface area (Å²) in [4.78, 5) is 0. The van der Waals surface area contributed by atoms with Gasteiger partial charge in [-0.05, 0) is 35.1 Å². The van der Waals surface area contributed by atoms with Crippen LogP contribution in [0.15, 0.2) is 40.8 Å². The van der Waals surface area contributed by atoms with Gasteiger partial charge < -0.3 is 4.42 Å². The quantitative estimate of drug-likeness (QED) is 0.481. The topological polar surface area (TPSA) is 13.1 Å². The minimum absolute atomic E-state index is 1.02. The first-order valence-corrected chi connectivity index (χ1v) is 7.72. The van der Waals surface area contributed by atoms with Crippen molar-refractivity contribution < 1.29 is 4.42 Å². The Hall–Kier alpha value is -0.770. The first kappa shape index (κ1) is 13.7. The lowest BCUT2D eigenvalue weighted by Crippen LogP contribution is -1.82. The van der Waals surface area contributed by atoms with Crippen LogP contribution in [0.25, 0.3) is 11.3 Å². The molecule has 0 fully saturated rings. The highest BCUT2D eigenvalue weighted by molar-refractivity contribution is 14.1. The van der Waals surface area contributed by atoms with E-state index in [1.54, 1.807) is 0 Å². The van der Waals surface area contributed by atoms with Crippen LogP contribution in [0.4, 0.5) is 0 Å². The molecule has 18 heavy (non-hydrogen) atoms. The van der Waals surface area contributed by atoms with E-state index in [0.29, 0.717) is 0 Å². The summed E-state index contributed by atoms with van der Waals surface area (Å²) in [5.41, 5.74) is 1.17. The van der Waals surface area contributed by atoms with Gasteiger partial charge in [-0.2, -0.15) is 0 Å². The van der Waals surface area contributed by atoms with Crippen LogP contribution >= 0.6 is 22.6 Å². The Kier molecular flexibility index (Phi) is 5.29. The van der Waals surface area contributed by atoms with Crippen molar-refractivity contribution >= 4 is 22.6 Å². The van der Waals surface area contributed by atoms with Gasteiger partial charge in [0.1, 0.15) is 11.5 Å². The fourth-order valence-corrected chi connectivity index (χ4v) is 2.82. The van der Waals surface area contributed by atoms with Crippen molar-refractivity contribution in [3.63, 3.8) is 0 Å². The summed E-state index contributed by atoms with van der Waals surface area (Å²) in [5, 5.41) is 0. The SMILES string of the molecule is CCCCCCc1cc(I)c(-c2ccccc2)o1. The van der Waals surface area contributed by atoms with Crippen molar-refractivity contribution in [3.05, 3.63) is 45.7 Å². The third kappa shape index (κ3) is 3.61. The molecule has 0 radical (unpaired) electrons. The van der Waals surface area contributed by atoms with E-state index < -0.39 is 0 Å². The van der Waals surface area contributed by atoms with Crippen molar-refractivity contribution in [2.24, 2.45) is 0 Å². The molecule has 2 heteroatoms. The fraction of sp³-hybridized carbons (Fsp3) is 0.375. The van der Waals surface area contributed by atoms with E-state index >= 15 is 0 Å². The average molecular weight is 354 g/mol. The molecule has 2 aromatic rings. The zero-order chi connectivity index (χ0) is 12.8. The van der Waals surface area contributed by atoms with Crippen LogP contribution in [0.1, 0.15) is 38.4 Å². The fourth-order valence-electron chi connectivity index (χ4n) is 2.05. The number of benzene rings is 1. The summed E-state index contributed by atoms with van der Waals surface area (Å²) >= 11 is 2.36. The predicted molar refractivity (Wildman–Crippen MR) is 84.7 cm³/mol. The molecule has 1 heterocycles. The molecule has 0 spiro atoms. The molecule has 2 rings (SSSR count). The highest BCUT2D eigenvalue weighted by Crippen LogP contribution is 2.29. The molecule has 0 unspecified atom stereocenters. The van der Waals surface area contributed by atoms with Gasteiger partial charge in [0.25, 0.3) is 0 Å². The van der Waals surface area contributed by atoms with Gasteiger partial charge in [-0.3, -0.25) is 0 Å². The number of halogens is 1. The molecule has 0 saturated heterocycles. The number of hydrogen-bond donors (Lipinski definition) is 0. The second-order valence-corrected chi connectivity index (χ2v) is 5.73. The lowest BCUT2D eigenvalue weighted by Gasteiger charge is -1.98. The molecule has 0 aliphatic carbocycles. The molecular formula is C16H19IO. The first-order valence-electron chi connectivity index (χ1n) is 6.65. The van der Waals surface area contributed by atoms with Crippen molar-refractivity contribution in [3.8, 4) is 11.3 Å². The minimum Gasteiger partial charge on any atom is -0.460 e. The van der Waals surface area contributed by atoms with E-state index in [0.717, 1.165) is 17.9 Å². The lowest BCUT2D eigenvalue weighted by atomic mass is 10.1. The Bertz CT molecular complexity index is 473. The summed E-state index contributed by atoms with van der Waals surface area (Å²) in [6.45, 7) is 2.24. The van der Waals surface area contributed by atoms with E-state index in [2.05, 4.69) is 59.8 Å². The Balaban J connectivity index is 2.03. The number of unbranched alkanes of at least 4 members (excludes halogenated alkanes) is 3. The molecule has 1 aromatic carbocycles. The van der Waals surface area contributed by atoms with Gasteiger partial charge in [0, 0.05) is 12.0 Å². The van der Waals surface area contributed by atoms with Crippen LogP contribution in [0.5, 0.6) is 0 Å². The molecule has 96 valence electrons. The van der Waals surface area contributed by atoms with Crippen LogP contribution in [-0.4, -0.2) is 0 Å². The third-order valence-electron chi connectivity index (χ3n) is 3.05. The average Bonchev–Trinajstić information content (AvgIpc) is 2.77. The summed E-state index contributed by atoms with van der Waals surface area (Å²) in [6, 6.07) is 12.5. The van der Waals surface area contributed by atoms with Crippen LogP contribution in [0.3, 0.4) is 0 Å². The zero-order valence-electron chi connectivity index (χ0n) is 10.8. The number of aryl methyl sites for hydroxylation is 1. The predicted octanol–water partition coefficient (Wildman–Crippen LogP) is 5.67. The highest BCUT2D eigenvalue weighted by Gasteiger charge is 2.10. The molecule has 0 saturated carbocycles. The zero-order valence-corrected chi connectivity index (χ0v) is 12.9. The Morgan fingerprint density at radius 1 is 1.06 bits per heavy atom. The van der Waals surface area contributed by atoms with Crippen molar-refractivity contribution in [2.75, 3.05) is 0 Å². The van der Waals surface area contributed by atoms with Gasteiger partial charge in [0.15, 0.2) is 0 Å². The van der Waals surface area contributed by atoms with Crippen LogP contribution in [0.2, 0.25) is 0 Å². The molecule has 0 amide bonds.